The van der Waals surface area contributed by atoms with Crippen LogP contribution < -0.4 is 5.73 Å². The van der Waals surface area contributed by atoms with Crippen LogP contribution in [0.1, 0.15) is 37.2 Å². The van der Waals surface area contributed by atoms with Crippen molar-refractivity contribution in [2.24, 2.45) is 11.7 Å². The van der Waals surface area contributed by atoms with Gasteiger partial charge in [-0.25, -0.2) is 0 Å². The van der Waals surface area contributed by atoms with E-state index in [2.05, 4.69) is 0 Å². The lowest BCUT2D eigenvalue weighted by atomic mass is 9.85. The molecule has 1 saturated carbocycles. The Balaban J connectivity index is 2.32. The first-order chi connectivity index (χ1) is 7.70. The molecule has 0 heterocycles. The van der Waals surface area contributed by atoms with Gasteiger partial charge in [-0.05, 0) is 30.4 Å². The lowest BCUT2D eigenvalue weighted by Crippen LogP contribution is -2.25. The zero-order valence-corrected chi connectivity index (χ0v) is 10.7. The minimum atomic E-state index is 0.159. The van der Waals surface area contributed by atoms with Crippen molar-refractivity contribution in [3.8, 4) is 0 Å². The predicted octanol–water partition coefficient (Wildman–Crippen LogP) is 3.90. The van der Waals surface area contributed by atoms with Crippen LogP contribution in [0.4, 0.5) is 0 Å². The van der Waals surface area contributed by atoms with Crippen LogP contribution in [0.15, 0.2) is 24.3 Å². The molecule has 16 heavy (non-hydrogen) atoms. The van der Waals surface area contributed by atoms with Gasteiger partial charge in [0.2, 0.25) is 0 Å². The van der Waals surface area contributed by atoms with E-state index in [4.69, 9.17) is 29.6 Å². The summed E-state index contributed by atoms with van der Waals surface area (Å²) < 4.78 is 0. The van der Waals surface area contributed by atoms with Crippen LogP contribution in [-0.4, -0.2) is 4.99 Å². The van der Waals surface area contributed by atoms with Crippen LogP contribution in [0.25, 0.3) is 0 Å². The standard InChI is InChI=1S/C13H16ClNS/c14-11-8-4-3-7-10(11)12(13(15)16)9-5-1-2-6-9/h3-4,7-9,12H,1-2,5-6H2,(H2,15,16). The molecule has 0 spiro atoms. The maximum absolute atomic E-state index is 6.23. The van der Waals surface area contributed by atoms with Gasteiger partial charge in [0, 0.05) is 10.9 Å². The van der Waals surface area contributed by atoms with Gasteiger partial charge in [-0.15, -0.1) is 0 Å². The molecular formula is C13H16ClNS. The van der Waals surface area contributed by atoms with Crippen molar-refractivity contribution in [3.63, 3.8) is 0 Å². The molecule has 0 aromatic heterocycles. The Morgan fingerprint density at radius 1 is 1.31 bits per heavy atom. The lowest BCUT2D eigenvalue weighted by Gasteiger charge is -2.23. The molecule has 0 saturated heterocycles. The second-order valence-corrected chi connectivity index (χ2v) is 5.32. The largest absolute Gasteiger partial charge is 0.393 e. The monoisotopic (exact) mass is 253 g/mol. The van der Waals surface area contributed by atoms with Gasteiger partial charge in [0.15, 0.2) is 0 Å². The summed E-state index contributed by atoms with van der Waals surface area (Å²) in [5, 5.41) is 0.784. The van der Waals surface area contributed by atoms with Crippen LogP contribution in [0, 0.1) is 5.92 Å². The molecule has 0 aliphatic heterocycles. The molecule has 86 valence electrons. The van der Waals surface area contributed by atoms with E-state index < -0.39 is 0 Å². The molecule has 0 bridgehead atoms. The van der Waals surface area contributed by atoms with Crippen molar-refractivity contribution in [2.45, 2.75) is 31.6 Å². The molecule has 1 atom stereocenters. The zero-order valence-electron chi connectivity index (χ0n) is 9.16. The van der Waals surface area contributed by atoms with E-state index in [1.807, 2.05) is 24.3 Å². The van der Waals surface area contributed by atoms with E-state index in [0.29, 0.717) is 10.9 Å². The summed E-state index contributed by atoms with van der Waals surface area (Å²) in [6, 6.07) is 7.90. The molecule has 0 amide bonds. The first-order valence-electron chi connectivity index (χ1n) is 5.74. The van der Waals surface area contributed by atoms with Crippen LogP contribution in [-0.2, 0) is 0 Å². The Morgan fingerprint density at radius 2 is 1.94 bits per heavy atom. The van der Waals surface area contributed by atoms with E-state index in [1.54, 1.807) is 0 Å². The van der Waals surface area contributed by atoms with Gasteiger partial charge in [-0.3, -0.25) is 0 Å². The third-order valence-electron chi connectivity index (χ3n) is 3.42. The smallest absolute Gasteiger partial charge is 0.0806 e. The Labute approximate surface area is 107 Å². The van der Waals surface area contributed by atoms with Crippen molar-refractivity contribution >= 4 is 28.8 Å². The zero-order chi connectivity index (χ0) is 11.5. The Kier molecular flexibility index (Phi) is 3.82. The molecule has 1 aromatic rings. The summed E-state index contributed by atoms with van der Waals surface area (Å²) in [7, 11) is 0. The number of benzene rings is 1. The lowest BCUT2D eigenvalue weighted by molar-refractivity contribution is 0.514. The molecule has 2 N–H and O–H groups in total. The minimum Gasteiger partial charge on any atom is -0.393 e. The Morgan fingerprint density at radius 3 is 2.50 bits per heavy atom. The average molecular weight is 254 g/mol. The molecule has 1 nitrogen and oxygen atoms in total. The Bertz CT molecular complexity index is 385. The van der Waals surface area contributed by atoms with Crippen LogP contribution in [0.2, 0.25) is 5.02 Å². The summed E-state index contributed by atoms with van der Waals surface area (Å²) in [6.45, 7) is 0. The van der Waals surface area contributed by atoms with E-state index >= 15 is 0 Å². The second-order valence-electron chi connectivity index (χ2n) is 4.45. The molecular weight excluding hydrogens is 238 g/mol. The maximum atomic E-state index is 6.23. The first-order valence-corrected chi connectivity index (χ1v) is 6.52. The number of hydrogen-bond acceptors (Lipinski definition) is 1. The van der Waals surface area contributed by atoms with E-state index in [-0.39, 0.29) is 5.92 Å². The Hall–Kier alpha value is -0.600. The molecule has 1 aliphatic carbocycles. The molecule has 1 fully saturated rings. The topological polar surface area (TPSA) is 26.0 Å². The summed E-state index contributed by atoms with van der Waals surface area (Å²) >= 11 is 11.4. The molecule has 1 aliphatic rings. The quantitative estimate of drug-likeness (QED) is 0.827. The number of halogens is 1. The van der Waals surface area contributed by atoms with Crippen LogP contribution >= 0.6 is 23.8 Å². The first kappa shape index (κ1) is 11.9. The summed E-state index contributed by atoms with van der Waals surface area (Å²) in [4.78, 5) is 0.583. The highest BCUT2D eigenvalue weighted by atomic mass is 35.5. The third-order valence-corrected chi connectivity index (χ3v) is 4.02. The normalized spacial score (nSPS) is 18.6. The highest BCUT2D eigenvalue weighted by molar-refractivity contribution is 7.80. The summed E-state index contributed by atoms with van der Waals surface area (Å²) in [5.41, 5.74) is 6.99. The fraction of sp³-hybridized carbons (Fsp3) is 0.462. The van der Waals surface area contributed by atoms with Gasteiger partial charge in [-0.1, -0.05) is 54.9 Å². The number of rotatable bonds is 3. The van der Waals surface area contributed by atoms with Crippen molar-refractivity contribution in [1.29, 1.82) is 0 Å². The second kappa shape index (κ2) is 5.15. The number of nitrogens with two attached hydrogens (primary N) is 1. The predicted molar refractivity (Wildman–Crippen MR) is 72.9 cm³/mol. The van der Waals surface area contributed by atoms with E-state index in [1.165, 1.54) is 25.7 Å². The van der Waals surface area contributed by atoms with Crippen LogP contribution in [0.5, 0.6) is 0 Å². The fourth-order valence-electron chi connectivity index (χ4n) is 2.66. The van der Waals surface area contributed by atoms with Gasteiger partial charge in [0.1, 0.15) is 0 Å². The van der Waals surface area contributed by atoms with Gasteiger partial charge < -0.3 is 5.73 Å². The molecule has 0 radical (unpaired) electrons. The van der Waals surface area contributed by atoms with Crippen LogP contribution in [0.3, 0.4) is 0 Å². The van der Waals surface area contributed by atoms with Crippen molar-refractivity contribution in [1.82, 2.24) is 0 Å². The number of hydrogen-bond donors (Lipinski definition) is 1. The van der Waals surface area contributed by atoms with Crippen molar-refractivity contribution in [2.75, 3.05) is 0 Å². The van der Waals surface area contributed by atoms with Crippen molar-refractivity contribution in [3.05, 3.63) is 34.9 Å². The van der Waals surface area contributed by atoms with Crippen molar-refractivity contribution < 1.29 is 0 Å². The molecule has 2 rings (SSSR count). The molecule has 1 unspecified atom stereocenters. The highest BCUT2D eigenvalue weighted by Crippen LogP contribution is 2.39. The molecule has 3 heteroatoms. The summed E-state index contributed by atoms with van der Waals surface area (Å²) in [6.07, 6.45) is 5.00. The van der Waals surface area contributed by atoms with Gasteiger partial charge >= 0.3 is 0 Å². The summed E-state index contributed by atoms with van der Waals surface area (Å²) in [5.74, 6) is 0.739. The average Bonchev–Trinajstić information content (AvgIpc) is 2.74. The maximum Gasteiger partial charge on any atom is 0.0806 e. The molecule has 1 aromatic carbocycles. The highest BCUT2D eigenvalue weighted by Gasteiger charge is 2.29. The fourth-order valence-corrected chi connectivity index (χ4v) is 3.23. The van der Waals surface area contributed by atoms with Gasteiger partial charge in [-0.2, -0.15) is 0 Å². The third kappa shape index (κ3) is 2.38. The van der Waals surface area contributed by atoms with E-state index in [9.17, 15) is 0 Å². The van der Waals surface area contributed by atoms with Gasteiger partial charge in [0.25, 0.3) is 0 Å². The van der Waals surface area contributed by atoms with E-state index in [0.717, 1.165) is 10.6 Å². The minimum absolute atomic E-state index is 0.159. The number of thiocarbonyl (C=S) groups is 1. The SMILES string of the molecule is NC(=S)C(c1ccccc1Cl)C1CCCC1. The van der Waals surface area contributed by atoms with Gasteiger partial charge in [0.05, 0.1) is 4.99 Å².